The zero-order valence-electron chi connectivity index (χ0n) is 7.62. The van der Waals surface area contributed by atoms with E-state index in [1.807, 2.05) is 0 Å². The molecule has 1 aromatic rings. The van der Waals surface area contributed by atoms with Crippen LogP contribution in [0.4, 0.5) is 4.39 Å². The van der Waals surface area contributed by atoms with E-state index in [1.54, 1.807) is 6.07 Å². The SMILES string of the molecule is CC(N)C(=O)c1ccc(F)c(C#N)c1. The summed E-state index contributed by atoms with van der Waals surface area (Å²) in [5.74, 6) is -0.935. The minimum absolute atomic E-state index is 0.142. The van der Waals surface area contributed by atoms with Crippen LogP contribution in [0.25, 0.3) is 0 Å². The van der Waals surface area contributed by atoms with Gasteiger partial charge in [0.15, 0.2) is 5.78 Å². The molecule has 0 aliphatic carbocycles. The first kappa shape index (κ1) is 10.4. The van der Waals surface area contributed by atoms with Crippen molar-refractivity contribution in [2.24, 2.45) is 5.73 Å². The third kappa shape index (κ3) is 1.95. The van der Waals surface area contributed by atoms with Gasteiger partial charge in [0.05, 0.1) is 11.6 Å². The number of rotatable bonds is 2. The zero-order chi connectivity index (χ0) is 10.7. The molecule has 0 heterocycles. The minimum atomic E-state index is -0.646. The summed E-state index contributed by atoms with van der Waals surface area (Å²) in [5, 5.41) is 8.53. The highest BCUT2D eigenvalue weighted by Crippen LogP contribution is 2.10. The van der Waals surface area contributed by atoms with Gasteiger partial charge in [-0.2, -0.15) is 5.26 Å². The first-order chi connectivity index (χ1) is 6.56. The van der Waals surface area contributed by atoms with E-state index in [0.29, 0.717) is 0 Å². The van der Waals surface area contributed by atoms with Crippen molar-refractivity contribution < 1.29 is 9.18 Å². The summed E-state index contributed by atoms with van der Waals surface area (Å²) in [5.41, 5.74) is 5.49. The smallest absolute Gasteiger partial charge is 0.179 e. The van der Waals surface area contributed by atoms with Crippen molar-refractivity contribution in [3.8, 4) is 6.07 Å². The molecule has 0 aliphatic heterocycles. The van der Waals surface area contributed by atoms with E-state index >= 15 is 0 Å². The van der Waals surface area contributed by atoms with Gasteiger partial charge < -0.3 is 5.73 Å². The number of ketones is 1. The average Bonchev–Trinajstić information content (AvgIpc) is 2.17. The van der Waals surface area contributed by atoms with Crippen LogP contribution in [0.15, 0.2) is 18.2 Å². The molecule has 2 N–H and O–H groups in total. The van der Waals surface area contributed by atoms with Gasteiger partial charge in [0.25, 0.3) is 0 Å². The first-order valence-corrected chi connectivity index (χ1v) is 4.05. The summed E-state index contributed by atoms with van der Waals surface area (Å²) in [7, 11) is 0. The van der Waals surface area contributed by atoms with E-state index in [9.17, 15) is 9.18 Å². The molecule has 14 heavy (non-hydrogen) atoms. The molecule has 0 saturated carbocycles. The summed E-state index contributed by atoms with van der Waals surface area (Å²) in [6.07, 6.45) is 0. The Labute approximate surface area is 81.0 Å². The van der Waals surface area contributed by atoms with E-state index in [1.165, 1.54) is 19.1 Å². The fourth-order valence-corrected chi connectivity index (χ4v) is 1.03. The number of nitrogens with zero attached hydrogens (tertiary/aromatic N) is 1. The lowest BCUT2D eigenvalue weighted by Crippen LogP contribution is -2.26. The maximum Gasteiger partial charge on any atom is 0.179 e. The van der Waals surface area contributed by atoms with Crippen LogP contribution < -0.4 is 5.73 Å². The van der Waals surface area contributed by atoms with Crippen molar-refractivity contribution >= 4 is 5.78 Å². The van der Waals surface area contributed by atoms with E-state index in [0.717, 1.165) is 6.07 Å². The van der Waals surface area contributed by atoms with Crippen LogP contribution in [0.1, 0.15) is 22.8 Å². The van der Waals surface area contributed by atoms with Crippen LogP contribution in [0.2, 0.25) is 0 Å². The predicted molar refractivity (Wildman–Crippen MR) is 49.1 cm³/mol. The molecule has 3 nitrogen and oxygen atoms in total. The number of nitriles is 1. The molecule has 1 rings (SSSR count). The van der Waals surface area contributed by atoms with Crippen molar-refractivity contribution in [3.05, 3.63) is 35.1 Å². The molecule has 0 bridgehead atoms. The highest BCUT2D eigenvalue weighted by molar-refractivity contribution is 5.99. The van der Waals surface area contributed by atoms with Crippen LogP contribution >= 0.6 is 0 Å². The second kappa shape index (κ2) is 3.99. The zero-order valence-corrected chi connectivity index (χ0v) is 7.62. The molecule has 1 unspecified atom stereocenters. The highest BCUT2D eigenvalue weighted by atomic mass is 19.1. The summed E-state index contributed by atoms with van der Waals surface area (Å²) in [4.78, 5) is 11.4. The Balaban J connectivity index is 3.15. The predicted octanol–water partition coefficient (Wildman–Crippen LogP) is 1.23. The topological polar surface area (TPSA) is 66.9 Å². The lowest BCUT2D eigenvalue weighted by Gasteiger charge is -2.04. The van der Waals surface area contributed by atoms with Gasteiger partial charge in [-0.05, 0) is 25.1 Å². The van der Waals surface area contributed by atoms with E-state index in [-0.39, 0.29) is 16.9 Å². The molecule has 0 spiro atoms. The second-order valence-corrected chi connectivity index (χ2v) is 2.96. The van der Waals surface area contributed by atoms with Crippen LogP contribution in [0.3, 0.4) is 0 Å². The molecule has 0 aliphatic rings. The fourth-order valence-electron chi connectivity index (χ4n) is 1.03. The van der Waals surface area contributed by atoms with Crippen molar-refractivity contribution in [2.45, 2.75) is 13.0 Å². The Hall–Kier alpha value is -1.73. The highest BCUT2D eigenvalue weighted by Gasteiger charge is 2.12. The van der Waals surface area contributed by atoms with Gasteiger partial charge in [0.2, 0.25) is 0 Å². The van der Waals surface area contributed by atoms with Crippen LogP contribution in [0.5, 0.6) is 0 Å². The van der Waals surface area contributed by atoms with Gasteiger partial charge in [0.1, 0.15) is 11.9 Å². The molecule has 0 radical (unpaired) electrons. The van der Waals surface area contributed by atoms with Crippen LogP contribution in [-0.4, -0.2) is 11.8 Å². The quantitative estimate of drug-likeness (QED) is 0.716. The standard InChI is InChI=1S/C10H9FN2O/c1-6(13)10(14)7-2-3-9(11)8(4-7)5-12/h2-4,6H,13H2,1H3. The molecule has 72 valence electrons. The first-order valence-electron chi connectivity index (χ1n) is 4.05. The van der Waals surface area contributed by atoms with Crippen molar-refractivity contribution in [3.63, 3.8) is 0 Å². The minimum Gasteiger partial charge on any atom is -0.321 e. The Morgan fingerprint density at radius 1 is 1.64 bits per heavy atom. The van der Waals surface area contributed by atoms with Crippen molar-refractivity contribution in [2.75, 3.05) is 0 Å². The molecule has 0 fully saturated rings. The Morgan fingerprint density at radius 3 is 2.79 bits per heavy atom. The summed E-state index contributed by atoms with van der Waals surface area (Å²) in [6, 6.07) is 4.64. The van der Waals surface area contributed by atoms with Crippen LogP contribution in [-0.2, 0) is 0 Å². The third-order valence-corrected chi connectivity index (χ3v) is 1.78. The van der Waals surface area contributed by atoms with Crippen molar-refractivity contribution in [1.82, 2.24) is 0 Å². The monoisotopic (exact) mass is 192 g/mol. The molecule has 1 atom stereocenters. The third-order valence-electron chi connectivity index (χ3n) is 1.78. The molecular weight excluding hydrogens is 183 g/mol. The number of nitrogens with two attached hydrogens (primary N) is 1. The number of carbonyl (C=O) groups excluding carboxylic acids is 1. The Kier molecular flexibility index (Phi) is 2.95. The number of hydrogen-bond donors (Lipinski definition) is 1. The molecule has 1 aromatic carbocycles. The lowest BCUT2D eigenvalue weighted by molar-refractivity contribution is 0.0968. The molecule has 0 aromatic heterocycles. The Morgan fingerprint density at radius 2 is 2.29 bits per heavy atom. The van der Waals surface area contributed by atoms with Gasteiger partial charge in [-0.15, -0.1) is 0 Å². The fraction of sp³-hybridized carbons (Fsp3) is 0.200. The average molecular weight is 192 g/mol. The maximum absolute atomic E-state index is 12.9. The summed E-state index contributed by atoms with van der Waals surface area (Å²) < 4.78 is 12.9. The number of halogens is 1. The van der Waals surface area contributed by atoms with Gasteiger partial charge in [-0.3, -0.25) is 4.79 Å². The second-order valence-electron chi connectivity index (χ2n) is 2.96. The number of Topliss-reactive ketones (excluding diaryl/α,β-unsaturated/α-hetero) is 1. The van der Waals surface area contributed by atoms with Crippen molar-refractivity contribution in [1.29, 1.82) is 5.26 Å². The molecule has 0 amide bonds. The lowest BCUT2D eigenvalue weighted by atomic mass is 10.0. The molecular formula is C10H9FN2O. The Bertz CT molecular complexity index is 407. The van der Waals surface area contributed by atoms with Crippen LogP contribution in [0, 0.1) is 17.1 Å². The summed E-state index contributed by atoms with van der Waals surface area (Å²) >= 11 is 0. The summed E-state index contributed by atoms with van der Waals surface area (Å²) in [6.45, 7) is 1.54. The van der Waals surface area contributed by atoms with Gasteiger partial charge in [0, 0.05) is 5.56 Å². The number of hydrogen-bond acceptors (Lipinski definition) is 3. The van der Waals surface area contributed by atoms with Gasteiger partial charge in [-0.25, -0.2) is 4.39 Å². The number of carbonyl (C=O) groups is 1. The van der Waals surface area contributed by atoms with Gasteiger partial charge >= 0.3 is 0 Å². The van der Waals surface area contributed by atoms with E-state index in [4.69, 9.17) is 11.0 Å². The van der Waals surface area contributed by atoms with Gasteiger partial charge in [-0.1, -0.05) is 0 Å². The van der Waals surface area contributed by atoms with E-state index in [2.05, 4.69) is 0 Å². The largest absolute Gasteiger partial charge is 0.321 e. The molecule has 4 heteroatoms. The number of benzene rings is 1. The van der Waals surface area contributed by atoms with E-state index < -0.39 is 11.9 Å². The maximum atomic E-state index is 12.9. The molecule has 0 saturated heterocycles. The normalized spacial score (nSPS) is 11.9.